The second-order valence-electron chi connectivity index (χ2n) is 5.51. The second kappa shape index (κ2) is 8.87. The molecule has 2 aromatic carbocycles. The Labute approximate surface area is 149 Å². The molecule has 0 aliphatic rings. The third-order valence-electron chi connectivity index (χ3n) is 3.52. The van der Waals surface area contributed by atoms with Gasteiger partial charge in [-0.1, -0.05) is 41.9 Å². The molecule has 2 N–H and O–H groups in total. The third-order valence-corrected chi connectivity index (χ3v) is 3.84. The minimum absolute atomic E-state index is 0.00135. The van der Waals surface area contributed by atoms with E-state index in [-0.39, 0.29) is 17.3 Å². The van der Waals surface area contributed by atoms with Crippen LogP contribution in [0.5, 0.6) is 0 Å². The number of hydrogen-bond acceptors (Lipinski definition) is 2. The van der Waals surface area contributed by atoms with Gasteiger partial charge in [-0.15, -0.1) is 0 Å². The predicted molar refractivity (Wildman–Crippen MR) is 92.7 cm³/mol. The van der Waals surface area contributed by atoms with E-state index in [1.807, 2.05) is 30.3 Å². The van der Waals surface area contributed by atoms with Crippen molar-refractivity contribution < 1.29 is 18.0 Å². The number of carbonyl (C=O) groups excluding carboxylic acids is 1. The van der Waals surface area contributed by atoms with Crippen molar-refractivity contribution in [2.75, 3.05) is 18.4 Å². The highest BCUT2D eigenvalue weighted by atomic mass is 35.5. The van der Waals surface area contributed by atoms with E-state index < -0.39 is 17.6 Å². The standard InChI is InChI=1S/C18H18ClF3N2O/c19-15-9-8-14(18(20,21)22)11-16(15)24-17(25)12-23-10-4-7-13-5-2-1-3-6-13/h1-3,5-6,8-9,11,23H,4,7,10,12H2,(H,24,25). The van der Waals surface area contributed by atoms with Crippen molar-refractivity contribution in [2.45, 2.75) is 19.0 Å². The van der Waals surface area contributed by atoms with E-state index in [1.54, 1.807) is 0 Å². The number of amides is 1. The summed E-state index contributed by atoms with van der Waals surface area (Å²) in [6.07, 6.45) is -2.75. The van der Waals surface area contributed by atoms with Crippen LogP contribution in [0.2, 0.25) is 5.02 Å². The molecule has 0 saturated carbocycles. The lowest BCUT2D eigenvalue weighted by atomic mass is 10.1. The number of alkyl halides is 3. The minimum atomic E-state index is -4.49. The molecule has 0 spiro atoms. The van der Waals surface area contributed by atoms with Crippen molar-refractivity contribution in [3.63, 3.8) is 0 Å². The van der Waals surface area contributed by atoms with E-state index in [0.717, 1.165) is 31.0 Å². The quantitative estimate of drug-likeness (QED) is 0.703. The van der Waals surface area contributed by atoms with E-state index in [9.17, 15) is 18.0 Å². The normalized spacial score (nSPS) is 11.4. The van der Waals surface area contributed by atoms with Crippen LogP contribution < -0.4 is 10.6 Å². The van der Waals surface area contributed by atoms with Gasteiger partial charge in [-0.3, -0.25) is 4.79 Å². The molecular weight excluding hydrogens is 353 g/mol. The number of hydrogen-bond donors (Lipinski definition) is 2. The van der Waals surface area contributed by atoms with Crippen LogP contribution in [0.4, 0.5) is 18.9 Å². The van der Waals surface area contributed by atoms with Gasteiger partial charge in [0, 0.05) is 0 Å². The zero-order valence-electron chi connectivity index (χ0n) is 13.4. The molecule has 25 heavy (non-hydrogen) atoms. The molecule has 0 heterocycles. The maximum absolute atomic E-state index is 12.7. The first-order valence-corrected chi connectivity index (χ1v) is 8.15. The van der Waals surface area contributed by atoms with Gasteiger partial charge in [-0.25, -0.2) is 0 Å². The molecule has 2 rings (SSSR count). The Morgan fingerprint density at radius 3 is 2.48 bits per heavy atom. The summed E-state index contributed by atoms with van der Waals surface area (Å²) >= 11 is 5.84. The lowest BCUT2D eigenvalue weighted by molar-refractivity contribution is -0.137. The fourth-order valence-corrected chi connectivity index (χ4v) is 2.42. The molecule has 1 amide bonds. The molecule has 0 saturated heterocycles. The van der Waals surface area contributed by atoms with E-state index in [0.29, 0.717) is 6.54 Å². The Morgan fingerprint density at radius 1 is 1.08 bits per heavy atom. The Balaban J connectivity index is 1.77. The lowest BCUT2D eigenvalue weighted by Crippen LogP contribution is -2.29. The number of aryl methyl sites for hydroxylation is 1. The number of rotatable bonds is 7. The lowest BCUT2D eigenvalue weighted by Gasteiger charge is -2.12. The summed E-state index contributed by atoms with van der Waals surface area (Å²) in [5.74, 6) is -0.444. The van der Waals surface area contributed by atoms with Crippen molar-refractivity contribution in [1.82, 2.24) is 5.32 Å². The molecule has 0 aromatic heterocycles. The fourth-order valence-electron chi connectivity index (χ4n) is 2.26. The number of nitrogens with one attached hydrogen (secondary N) is 2. The first-order chi connectivity index (χ1) is 11.9. The smallest absolute Gasteiger partial charge is 0.324 e. The Kier molecular flexibility index (Phi) is 6.84. The van der Waals surface area contributed by atoms with Crippen LogP contribution in [0.1, 0.15) is 17.5 Å². The number of halogens is 4. The van der Waals surface area contributed by atoms with E-state index >= 15 is 0 Å². The van der Waals surface area contributed by atoms with Crippen molar-refractivity contribution in [2.24, 2.45) is 0 Å². The van der Waals surface area contributed by atoms with Crippen molar-refractivity contribution in [3.05, 3.63) is 64.7 Å². The summed E-state index contributed by atoms with van der Waals surface area (Å²) in [6, 6.07) is 12.8. The minimum Gasteiger partial charge on any atom is -0.324 e. The summed E-state index contributed by atoms with van der Waals surface area (Å²) in [6.45, 7) is 0.625. The average Bonchev–Trinajstić information content (AvgIpc) is 2.56. The monoisotopic (exact) mass is 370 g/mol. The summed E-state index contributed by atoms with van der Waals surface area (Å²) in [5.41, 5.74) is 0.306. The average molecular weight is 371 g/mol. The fraction of sp³-hybridized carbons (Fsp3) is 0.278. The maximum Gasteiger partial charge on any atom is 0.416 e. The summed E-state index contributed by atoms with van der Waals surface area (Å²) < 4.78 is 38.1. The van der Waals surface area contributed by atoms with E-state index in [2.05, 4.69) is 10.6 Å². The predicted octanol–water partition coefficient (Wildman–Crippen LogP) is 4.52. The second-order valence-corrected chi connectivity index (χ2v) is 5.91. The van der Waals surface area contributed by atoms with Crippen molar-refractivity contribution >= 4 is 23.2 Å². The molecule has 0 bridgehead atoms. The van der Waals surface area contributed by atoms with E-state index in [1.165, 1.54) is 5.56 Å². The molecule has 3 nitrogen and oxygen atoms in total. The van der Waals surface area contributed by atoms with Gasteiger partial charge in [0.15, 0.2) is 0 Å². The molecule has 0 unspecified atom stereocenters. The number of anilines is 1. The summed E-state index contributed by atoms with van der Waals surface area (Å²) in [5, 5.41) is 5.42. The summed E-state index contributed by atoms with van der Waals surface area (Å²) in [4.78, 5) is 11.8. The van der Waals surface area contributed by atoms with Gasteiger partial charge in [-0.2, -0.15) is 13.2 Å². The van der Waals surface area contributed by atoms with Crippen LogP contribution in [-0.4, -0.2) is 19.0 Å². The zero-order valence-corrected chi connectivity index (χ0v) is 14.1. The molecular formula is C18H18ClF3N2O. The molecule has 0 aliphatic heterocycles. The zero-order chi connectivity index (χ0) is 18.3. The molecule has 0 radical (unpaired) electrons. The van der Waals surface area contributed by atoms with Gasteiger partial charge < -0.3 is 10.6 Å². The SMILES string of the molecule is O=C(CNCCCc1ccccc1)Nc1cc(C(F)(F)F)ccc1Cl. The van der Waals surface area contributed by atoms with Gasteiger partial charge in [0.2, 0.25) is 5.91 Å². The maximum atomic E-state index is 12.7. The highest BCUT2D eigenvalue weighted by Gasteiger charge is 2.31. The molecule has 7 heteroatoms. The van der Waals surface area contributed by atoms with Crippen molar-refractivity contribution in [1.29, 1.82) is 0 Å². The Bertz CT molecular complexity index is 705. The first-order valence-electron chi connectivity index (χ1n) is 7.77. The molecule has 0 fully saturated rings. The molecule has 2 aromatic rings. The van der Waals surface area contributed by atoms with Gasteiger partial charge in [0.1, 0.15) is 0 Å². The largest absolute Gasteiger partial charge is 0.416 e. The third kappa shape index (κ3) is 6.40. The van der Waals surface area contributed by atoms with Crippen LogP contribution in [0.25, 0.3) is 0 Å². The number of carbonyl (C=O) groups is 1. The highest BCUT2D eigenvalue weighted by molar-refractivity contribution is 6.33. The van der Waals surface area contributed by atoms with Gasteiger partial charge in [-0.05, 0) is 43.1 Å². The van der Waals surface area contributed by atoms with E-state index in [4.69, 9.17) is 11.6 Å². The summed E-state index contributed by atoms with van der Waals surface area (Å²) in [7, 11) is 0. The number of benzene rings is 2. The topological polar surface area (TPSA) is 41.1 Å². The Morgan fingerprint density at radius 2 is 1.80 bits per heavy atom. The van der Waals surface area contributed by atoms with Gasteiger partial charge in [0.25, 0.3) is 0 Å². The van der Waals surface area contributed by atoms with Crippen LogP contribution in [-0.2, 0) is 17.4 Å². The molecule has 0 atom stereocenters. The highest BCUT2D eigenvalue weighted by Crippen LogP contribution is 2.33. The van der Waals surface area contributed by atoms with Crippen molar-refractivity contribution in [3.8, 4) is 0 Å². The molecule has 134 valence electrons. The van der Waals surface area contributed by atoms with Gasteiger partial charge in [0.05, 0.1) is 22.8 Å². The van der Waals surface area contributed by atoms with Crippen LogP contribution in [0.3, 0.4) is 0 Å². The Hall–Kier alpha value is -2.05. The molecule has 0 aliphatic carbocycles. The van der Waals surface area contributed by atoms with Gasteiger partial charge >= 0.3 is 6.18 Å². The van der Waals surface area contributed by atoms with Crippen LogP contribution in [0.15, 0.2) is 48.5 Å². The van der Waals surface area contributed by atoms with Crippen LogP contribution in [0, 0.1) is 0 Å². The van der Waals surface area contributed by atoms with Crippen LogP contribution >= 0.6 is 11.6 Å². The first kappa shape index (κ1) is 19.3.